The number of fused-ring (bicyclic) bond motifs is 12. The van der Waals surface area contributed by atoms with Gasteiger partial charge >= 0.3 is 0 Å². The van der Waals surface area contributed by atoms with E-state index in [-0.39, 0.29) is 0 Å². The van der Waals surface area contributed by atoms with Crippen LogP contribution in [0.1, 0.15) is 33.4 Å². The predicted octanol–water partition coefficient (Wildman–Crippen LogP) is 13.1. The van der Waals surface area contributed by atoms with E-state index in [9.17, 15) is 0 Å². The number of benzene rings is 6. The highest BCUT2D eigenvalue weighted by atomic mass is 32.1. The normalized spacial score (nSPS) is 14.9. The number of aromatic nitrogens is 4. The van der Waals surface area contributed by atoms with Gasteiger partial charge in [-0.15, -0.1) is 11.3 Å². The molecule has 6 aromatic carbocycles. The van der Waals surface area contributed by atoms with Crippen molar-refractivity contribution in [1.29, 1.82) is 0 Å². The maximum atomic E-state index is 5.30. The van der Waals surface area contributed by atoms with E-state index in [1.54, 1.807) is 6.20 Å². The van der Waals surface area contributed by atoms with Crippen LogP contribution in [-0.2, 0) is 5.41 Å². The van der Waals surface area contributed by atoms with Crippen molar-refractivity contribution in [3.63, 3.8) is 0 Å². The zero-order chi connectivity index (χ0) is 38.2. The van der Waals surface area contributed by atoms with Gasteiger partial charge in [0, 0.05) is 61.0 Å². The van der Waals surface area contributed by atoms with Crippen LogP contribution in [0.2, 0.25) is 0 Å². The summed E-state index contributed by atoms with van der Waals surface area (Å²) in [7, 11) is 0. The molecule has 0 fully saturated rings. The van der Waals surface area contributed by atoms with Crippen molar-refractivity contribution in [2.45, 2.75) is 5.41 Å². The van der Waals surface area contributed by atoms with Gasteiger partial charge in [-0.25, -0.2) is 9.97 Å². The molecule has 1 spiro atoms. The lowest BCUT2D eigenvalue weighted by Gasteiger charge is -2.35. The summed E-state index contributed by atoms with van der Waals surface area (Å²) in [5.41, 5.74) is 15.9. The number of pyridine rings is 2. The molecule has 0 amide bonds. The largest absolute Gasteiger partial charge is 0.264 e. The van der Waals surface area contributed by atoms with Gasteiger partial charge in [0.25, 0.3) is 0 Å². The summed E-state index contributed by atoms with van der Waals surface area (Å²) in [6.07, 6.45) is 10.1. The van der Waals surface area contributed by atoms with Crippen LogP contribution in [-0.4, -0.2) is 19.9 Å². The molecule has 0 radical (unpaired) electrons. The lowest BCUT2D eigenvalue weighted by atomic mass is 9.65. The molecule has 0 N–H and O–H groups in total. The van der Waals surface area contributed by atoms with E-state index in [4.69, 9.17) is 15.0 Å². The van der Waals surface area contributed by atoms with E-state index < -0.39 is 5.41 Å². The highest BCUT2D eigenvalue weighted by Crippen LogP contribution is 2.60. The topological polar surface area (TPSA) is 51.6 Å². The molecule has 12 rings (SSSR count). The van der Waals surface area contributed by atoms with Gasteiger partial charge in [-0.05, 0) is 99.1 Å². The number of hydrogen-bond acceptors (Lipinski definition) is 5. The molecule has 58 heavy (non-hydrogen) atoms. The third kappa shape index (κ3) is 4.93. The first-order chi connectivity index (χ1) is 28.7. The summed E-state index contributed by atoms with van der Waals surface area (Å²) in [6, 6.07) is 59.1. The van der Waals surface area contributed by atoms with Crippen molar-refractivity contribution in [2.24, 2.45) is 0 Å². The molecule has 1 unspecified atom stereocenters. The maximum Gasteiger partial charge on any atom is 0.160 e. The first-order valence-electron chi connectivity index (χ1n) is 19.5. The molecular weight excluding hydrogens is 725 g/mol. The van der Waals surface area contributed by atoms with Crippen LogP contribution in [0.15, 0.2) is 182 Å². The summed E-state index contributed by atoms with van der Waals surface area (Å²) in [4.78, 5) is 19.6. The molecular formula is C53H32N4S. The Kier molecular flexibility index (Phi) is 7.28. The van der Waals surface area contributed by atoms with Crippen LogP contribution < -0.4 is 0 Å². The molecule has 0 saturated heterocycles. The fourth-order valence-electron chi connectivity index (χ4n) is 9.26. The minimum Gasteiger partial charge on any atom is -0.264 e. The lowest BCUT2D eigenvalue weighted by Crippen LogP contribution is -2.30. The molecule has 10 aromatic rings. The van der Waals surface area contributed by atoms with Gasteiger partial charge in [0.15, 0.2) is 5.82 Å². The zero-order valence-electron chi connectivity index (χ0n) is 31.2. The molecule has 4 heterocycles. The van der Waals surface area contributed by atoms with Crippen molar-refractivity contribution < 1.29 is 0 Å². The molecule has 0 saturated carbocycles. The summed E-state index contributed by atoms with van der Waals surface area (Å²) < 4.78 is 2.62. The molecule has 4 nitrogen and oxygen atoms in total. The third-order valence-electron chi connectivity index (χ3n) is 11.9. The Morgan fingerprint density at radius 2 is 1.14 bits per heavy atom. The quantitative estimate of drug-likeness (QED) is 0.179. The minimum atomic E-state index is -0.585. The summed E-state index contributed by atoms with van der Waals surface area (Å²) in [6.45, 7) is 0. The second-order valence-electron chi connectivity index (χ2n) is 15.0. The summed E-state index contributed by atoms with van der Waals surface area (Å²) in [5.74, 6) is 0.669. The monoisotopic (exact) mass is 756 g/mol. The standard InChI is InChI=1S/C53H32N4S/c1-2-12-35(13-3-1)52-56-48(30-49(57-52)38-24-25-47(55-32-38)37-14-10-26-54-31-37)36-23-22-34-21-20-33-11-4-7-17-43(33)53(45(34)27-36)44-18-8-5-15-39(44)41-29-51-42(28-46(41)53)40-16-6-9-19-50(40)58-51/h1-32H. The van der Waals surface area contributed by atoms with Crippen molar-refractivity contribution in [2.75, 3.05) is 0 Å². The summed E-state index contributed by atoms with van der Waals surface area (Å²) >= 11 is 1.88. The average Bonchev–Trinajstić information content (AvgIpc) is 3.75. The molecule has 0 bridgehead atoms. The fraction of sp³-hybridized carbons (Fsp3) is 0.0189. The molecule has 0 aliphatic heterocycles. The lowest BCUT2D eigenvalue weighted by molar-refractivity contribution is 0.767. The Labute approximate surface area is 339 Å². The fourth-order valence-corrected chi connectivity index (χ4v) is 10.4. The highest BCUT2D eigenvalue weighted by Gasteiger charge is 2.49. The number of thiophene rings is 1. The molecule has 4 aromatic heterocycles. The third-order valence-corrected chi connectivity index (χ3v) is 13.0. The van der Waals surface area contributed by atoms with Crippen molar-refractivity contribution in [1.82, 2.24) is 19.9 Å². The smallest absolute Gasteiger partial charge is 0.160 e. The van der Waals surface area contributed by atoms with Crippen LogP contribution in [0, 0.1) is 0 Å². The van der Waals surface area contributed by atoms with E-state index in [0.717, 1.165) is 39.3 Å². The first kappa shape index (κ1) is 32.9. The Bertz CT molecular complexity index is 3280. The minimum absolute atomic E-state index is 0.585. The molecule has 2 aliphatic carbocycles. The van der Waals surface area contributed by atoms with Crippen LogP contribution in [0.25, 0.3) is 88.6 Å². The zero-order valence-corrected chi connectivity index (χ0v) is 32.0. The van der Waals surface area contributed by atoms with E-state index in [0.29, 0.717) is 5.82 Å². The Hall–Kier alpha value is -7.34. The van der Waals surface area contributed by atoms with Crippen molar-refractivity contribution in [3.8, 4) is 56.3 Å². The molecule has 2 aliphatic rings. The Morgan fingerprint density at radius 1 is 0.414 bits per heavy atom. The number of hydrogen-bond donors (Lipinski definition) is 0. The maximum absolute atomic E-state index is 5.30. The Morgan fingerprint density at radius 3 is 1.98 bits per heavy atom. The van der Waals surface area contributed by atoms with E-state index >= 15 is 0 Å². The van der Waals surface area contributed by atoms with Crippen LogP contribution in [0.5, 0.6) is 0 Å². The second kappa shape index (κ2) is 12.8. The molecule has 1 atom stereocenters. The molecule has 5 heteroatoms. The van der Waals surface area contributed by atoms with Gasteiger partial charge in [-0.3, -0.25) is 9.97 Å². The van der Waals surface area contributed by atoms with Crippen molar-refractivity contribution in [3.05, 3.63) is 216 Å². The number of nitrogens with zero attached hydrogens (tertiary/aromatic N) is 4. The highest BCUT2D eigenvalue weighted by molar-refractivity contribution is 7.25. The van der Waals surface area contributed by atoms with Crippen LogP contribution in [0.4, 0.5) is 0 Å². The van der Waals surface area contributed by atoms with Gasteiger partial charge in [-0.2, -0.15) is 0 Å². The van der Waals surface area contributed by atoms with Gasteiger partial charge < -0.3 is 0 Å². The van der Waals surface area contributed by atoms with Gasteiger partial charge in [-0.1, -0.05) is 121 Å². The predicted molar refractivity (Wildman–Crippen MR) is 238 cm³/mol. The number of rotatable bonds is 4. The van der Waals surface area contributed by atoms with E-state index in [2.05, 4.69) is 145 Å². The van der Waals surface area contributed by atoms with Gasteiger partial charge in [0.1, 0.15) is 0 Å². The van der Waals surface area contributed by atoms with E-state index in [1.165, 1.54) is 64.7 Å². The SMILES string of the molecule is C1=Cc2ccc(-c3cc(-c4ccc(-c5cccnc5)nc4)nc(-c4ccccc4)n3)cc2C2(c3ccccc31)c1ccccc1-c1cc3sc4ccccc4c3cc12. The average molecular weight is 757 g/mol. The van der Waals surface area contributed by atoms with Crippen LogP contribution >= 0.6 is 11.3 Å². The molecule has 270 valence electrons. The van der Waals surface area contributed by atoms with E-state index in [1.807, 2.05) is 60.1 Å². The second-order valence-corrected chi connectivity index (χ2v) is 16.1. The van der Waals surface area contributed by atoms with Crippen LogP contribution in [0.3, 0.4) is 0 Å². The Balaban J connectivity index is 1.11. The van der Waals surface area contributed by atoms with Gasteiger partial charge in [0.2, 0.25) is 0 Å². The van der Waals surface area contributed by atoms with Gasteiger partial charge in [0.05, 0.1) is 22.5 Å². The van der Waals surface area contributed by atoms with Crippen molar-refractivity contribution >= 4 is 43.7 Å². The first-order valence-corrected chi connectivity index (χ1v) is 20.3. The summed E-state index contributed by atoms with van der Waals surface area (Å²) in [5, 5.41) is 2.60.